The van der Waals surface area contributed by atoms with Crippen molar-refractivity contribution in [2.45, 2.75) is 39.0 Å². The molecule has 0 fully saturated rings. The molecule has 1 heterocycles. The van der Waals surface area contributed by atoms with Crippen molar-refractivity contribution in [1.82, 2.24) is 5.32 Å². The lowest BCUT2D eigenvalue weighted by Crippen LogP contribution is -2.30. The van der Waals surface area contributed by atoms with Crippen molar-refractivity contribution in [3.63, 3.8) is 0 Å². The Morgan fingerprint density at radius 3 is 2.44 bits per heavy atom. The number of nitrogens with one attached hydrogen (secondary N) is 1. The first kappa shape index (κ1) is 19.1. The maximum absolute atomic E-state index is 12.5. The average molecular weight is 361 g/mol. The van der Waals surface area contributed by atoms with Gasteiger partial charge in [0.1, 0.15) is 0 Å². The molecule has 25 heavy (non-hydrogen) atoms. The molecule has 0 saturated carbocycles. The van der Waals surface area contributed by atoms with Crippen molar-refractivity contribution in [1.29, 1.82) is 0 Å². The second kappa shape index (κ2) is 9.34. The van der Waals surface area contributed by atoms with Crippen LogP contribution in [0.3, 0.4) is 0 Å². The largest absolute Gasteiger partial charge is 0.469 e. The molecule has 0 radical (unpaired) electrons. The van der Waals surface area contributed by atoms with E-state index >= 15 is 0 Å². The van der Waals surface area contributed by atoms with Crippen LogP contribution in [0.5, 0.6) is 0 Å². The van der Waals surface area contributed by atoms with Crippen LogP contribution in [0, 0.1) is 0 Å². The van der Waals surface area contributed by atoms with Gasteiger partial charge in [-0.15, -0.1) is 11.3 Å². The van der Waals surface area contributed by atoms with E-state index in [0.717, 1.165) is 10.4 Å². The van der Waals surface area contributed by atoms with E-state index < -0.39 is 6.04 Å². The predicted molar refractivity (Wildman–Crippen MR) is 97.5 cm³/mol. The first-order chi connectivity index (χ1) is 12.0. The Labute approximate surface area is 152 Å². The fourth-order valence-corrected chi connectivity index (χ4v) is 3.00. The summed E-state index contributed by atoms with van der Waals surface area (Å²) in [6, 6.07) is 10.7. The number of hydrogen-bond donors (Lipinski definition) is 1. The van der Waals surface area contributed by atoms with Crippen molar-refractivity contribution in [3.05, 3.63) is 57.8 Å². The number of carbonyl (C=O) groups excluding carboxylic acids is 2. The molecule has 2 rings (SSSR count). The number of benzene rings is 1. The summed E-state index contributed by atoms with van der Waals surface area (Å²) in [6.07, 6.45) is 0.260. The van der Waals surface area contributed by atoms with Crippen LogP contribution in [0.25, 0.3) is 0 Å². The number of hydrogen-bond acceptors (Lipinski definition) is 5. The zero-order valence-electron chi connectivity index (χ0n) is 14.7. The topological polar surface area (TPSA) is 64.6 Å². The molecular formula is C19H23NO4S. The second-order valence-corrected chi connectivity index (χ2v) is 6.86. The van der Waals surface area contributed by atoms with Crippen LogP contribution < -0.4 is 5.32 Å². The summed E-state index contributed by atoms with van der Waals surface area (Å²) < 4.78 is 10.3. The van der Waals surface area contributed by atoms with E-state index in [9.17, 15) is 9.59 Å². The minimum Gasteiger partial charge on any atom is -0.469 e. The Bertz CT molecular complexity index is 680. The van der Waals surface area contributed by atoms with Gasteiger partial charge in [0.2, 0.25) is 0 Å². The average Bonchev–Trinajstić information content (AvgIpc) is 3.14. The Morgan fingerprint density at radius 2 is 1.88 bits per heavy atom. The first-order valence-electron chi connectivity index (χ1n) is 8.11. The predicted octanol–water partition coefficient (Wildman–Crippen LogP) is 3.71. The summed E-state index contributed by atoms with van der Waals surface area (Å²) in [6.45, 7) is 4.47. The van der Waals surface area contributed by atoms with E-state index in [4.69, 9.17) is 9.47 Å². The van der Waals surface area contributed by atoms with Gasteiger partial charge >= 0.3 is 5.97 Å². The second-order valence-electron chi connectivity index (χ2n) is 5.88. The molecule has 134 valence electrons. The van der Waals surface area contributed by atoms with Crippen molar-refractivity contribution in [3.8, 4) is 0 Å². The van der Waals surface area contributed by atoms with Crippen LogP contribution >= 0.6 is 11.3 Å². The quantitative estimate of drug-likeness (QED) is 0.728. The molecule has 0 spiro atoms. The molecule has 0 bridgehead atoms. The molecule has 6 heteroatoms. The van der Waals surface area contributed by atoms with Crippen LogP contribution in [-0.2, 0) is 20.9 Å². The van der Waals surface area contributed by atoms with Crippen LogP contribution in [0.15, 0.2) is 41.8 Å². The fourth-order valence-electron chi connectivity index (χ4n) is 2.22. The molecule has 1 aromatic heterocycles. The number of ether oxygens (including phenoxy) is 2. The highest BCUT2D eigenvalue weighted by atomic mass is 32.1. The van der Waals surface area contributed by atoms with Gasteiger partial charge in [0.25, 0.3) is 5.91 Å². The normalized spacial score (nSPS) is 12.0. The summed E-state index contributed by atoms with van der Waals surface area (Å²) in [4.78, 5) is 25.0. The number of amides is 1. The Hall–Kier alpha value is -2.18. The zero-order valence-corrected chi connectivity index (χ0v) is 15.5. The maximum Gasteiger partial charge on any atom is 0.307 e. The van der Waals surface area contributed by atoms with E-state index in [0.29, 0.717) is 12.2 Å². The molecule has 0 aliphatic carbocycles. The number of rotatable bonds is 8. The molecule has 0 aliphatic heterocycles. The summed E-state index contributed by atoms with van der Waals surface area (Å²) in [7, 11) is 1.34. The van der Waals surface area contributed by atoms with Crippen LogP contribution in [0.2, 0.25) is 0 Å². The van der Waals surface area contributed by atoms with Crippen LogP contribution in [-0.4, -0.2) is 25.1 Å². The van der Waals surface area contributed by atoms with Crippen molar-refractivity contribution in [2.75, 3.05) is 7.11 Å². The molecule has 1 N–H and O–H groups in total. The van der Waals surface area contributed by atoms with E-state index in [1.807, 2.05) is 43.5 Å². The lowest BCUT2D eigenvalue weighted by molar-refractivity contribution is -0.141. The van der Waals surface area contributed by atoms with E-state index in [1.165, 1.54) is 18.4 Å². The first-order valence-corrected chi connectivity index (χ1v) is 8.99. The molecule has 5 nitrogen and oxygen atoms in total. The number of thiophene rings is 1. The van der Waals surface area contributed by atoms with Crippen molar-refractivity contribution in [2.24, 2.45) is 0 Å². The third-order valence-electron chi connectivity index (χ3n) is 3.59. The third kappa shape index (κ3) is 5.99. The van der Waals surface area contributed by atoms with Gasteiger partial charge in [0.15, 0.2) is 0 Å². The summed E-state index contributed by atoms with van der Waals surface area (Å²) >= 11 is 1.49. The van der Waals surface area contributed by atoms with Gasteiger partial charge in [-0.3, -0.25) is 9.59 Å². The fraction of sp³-hybridized carbons (Fsp3) is 0.368. The standard InChI is InChI=1S/C19H23NO4S/c1-13(2)24-12-14-6-8-15(9-7-14)19(22)20-16(11-18(21)23-3)17-5-4-10-25-17/h4-10,13,16H,11-12H2,1-3H3,(H,20,22). The molecule has 0 aliphatic rings. The monoisotopic (exact) mass is 361 g/mol. The van der Waals surface area contributed by atoms with Gasteiger partial charge in [-0.2, -0.15) is 0 Å². The molecule has 1 atom stereocenters. The van der Waals surface area contributed by atoms with Crippen molar-refractivity contribution >= 4 is 23.2 Å². The minimum atomic E-state index is -0.399. The maximum atomic E-state index is 12.5. The summed E-state index contributed by atoms with van der Waals surface area (Å²) in [5.74, 6) is -0.585. The van der Waals surface area contributed by atoms with Gasteiger partial charge in [-0.05, 0) is 43.0 Å². The Morgan fingerprint density at radius 1 is 1.16 bits per heavy atom. The number of methoxy groups -OCH3 is 1. The molecule has 1 aromatic carbocycles. The lowest BCUT2D eigenvalue weighted by Gasteiger charge is -2.16. The highest BCUT2D eigenvalue weighted by Gasteiger charge is 2.20. The Kier molecular flexibility index (Phi) is 7.16. The molecule has 2 aromatic rings. The van der Waals surface area contributed by atoms with Gasteiger partial charge < -0.3 is 14.8 Å². The van der Waals surface area contributed by atoms with Gasteiger partial charge in [-0.1, -0.05) is 18.2 Å². The van der Waals surface area contributed by atoms with E-state index in [1.54, 1.807) is 12.1 Å². The zero-order chi connectivity index (χ0) is 18.2. The number of carbonyl (C=O) groups is 2. The van der Waals surface area contributed by atoms with E-state index in [-0.39, 0.29) is 24.4 Å². The van der Waals surface area contributed by atoms with Crippen molar-refractivity contribution < 1.29 is 19.1 Å². The third-order valence-corrected chi connectivity index (χ3v) is 4.58. The molecule has 1 unspecified atom stereocenters. The summed E-state index contributed by atoms with van der Waals surface area (Å²) in [5, 5.41) is 4.82. The van der Waals surface area contributed by atoms with Gasteiger partial charge in [0, 0.05) is 10.4 Å². The molecule has 1 amide bonds. The van der Waals surface area contributed by atoms with Gasteiger partial charge in [0.05, 0.1) is 32.3 Å². The summed E-state index contributed by atoms with van der Waals surface area (Å²) in [5.41, 5.74) is 1.55. The smallest absolute Gasteiger partial charge is 0.307 e. The van der Waals surface area contributed by atoms with E-state index in [2.05, 4.69) is 5.32 Å². The van der Waals surface area contributed by atoms with Crippen LogP contribution in [0.1, 0.15) is 47.1 Å². The van der Waals surface area contributed by atoms with Crippen LogP contribution in [0.4, 0.5) is 0 Å². The minimum absolute atomic E-state index is 0.100. The SMILES string of the molecule is COC(=O)CC(NC(=O)c1ccc(COC(C)C)cc1)c1cccs1. The van der Waals surface area contributed by atoms with Gasteiger partial charge in [-0.25, -0.2) is 0 Å². The molecular weight excluding hydrogens is 338 g/mol. The highest BCUT2D eigenvalue weighted by molar-refractivity contribution is 7.10. The highest BCUT2D eigenvalue weighted by Crippen LogP contribution is 2.23. The lowest BCUT2D eigenvalue weighted by atomic mass is 10.1. The number of esters is 1. The Balaban J connectivity index is 2.03. The molecule has 0 saturated heterocycles.